The molecule has 0 saturated carbocycles. The van der Waals surface area contributed by atoms with E-state index in [-0.39, 0.29) is 0 Å². The molecule has 2 N–H and O–H groups in total. The van der Waals surface area contributed by atoms with Crippen LogP contribution in [0.4, 0.5) is 0 Å². The Morgan fingerprint density at radius 2 is 1.89 bits per heavy atom. The highest BCUT2D eigenvalue weighted by atomic mass is 16.3. The lowest BCUT2D eigenvalue weighted by Gasteiger charge is -2.31. The molecule has 106 valence electrons. The van der Waals surface area contributed by atoms with Crippen LogP contribution < -0.4 is 5.32 Å². The largest absolute Gasteiger partial charge is 0.396 e. The van der Waals surface area contributed by atoms with Gasteiger partial charge in [0.15, 0.2) is 0 Å². The van der Waals surface area contributed by atoms with Gasteiger partial charge in [-0.2, -0.15) is 0 Å². The Kier molecular flexibility index (Phi) is 5.87. The first kappa shape index (κ1) is 14.5. The molecule has 0 aliphatic carbocycles. The van der Waals surface area contributed by atoms with E-state index in [4.69, 9.17) is 0 Å². The molecule has 2 nitrogen and oxygen atoms in total. The molecule has 1 aliphatic heterocycles. The molecular weight excluding hydrogens is 234 g/mol. The Balaban J connectivity index is 2.08. The van der Waals surface area contributed by atoms with Gasteiger partial charge < -0.3 is 10.4 Å². The Labute approximate surface area is 117 Å². The van der Waals surface area contributed by atoms with Crippen LogP contribution in [0.1, 0.15) is 49.7 Å². The Morgan fingerprint density at radius 3 is 2.47 bits per heavy atom. The van der Waals surface area contributed by atoms with Crippen LogP contribution in [0, 0.1) is 5.92 Å². The van der Waals surface area contributed by atoms with Gasteiger partial charge in [-0.05, 0) is 61.7 Å². The van der Waals surface area contributed by atoms with Gasteiger partial charge in [0.25, 0.3) is 0 Å². The number of hydrogen-bond acceptors (Lipinski definition) is 2. The molecule has 2 heteroatoms. The third kappa shape index (κ3) is 4.05. The summed E-state index contributed by atoms with van der Waals surface area (Å²) in [5.74, 6) is 1.26. The molecule has 1 heterocycles. The fraction of sp³-hybridized carbons (Fsp3) is 0.647. The second-order valence-electron chi connectivity index (χ2n) is 5.70. The zero-order chi connectivity index (χ0) is 13.5. The topological polar surface area (TPSA) is 32.3 Å². The normalized spacial score (nSPS) is 18.4. The molecule has 1 aromatic carbocycles. The van der Waals surface area contributed by atoms with Crippen molar-refractivity contribution in [3.05, 3.63) is 35.4 Å². The van der Waals surface area contributed by atoms with Crippen LogP contribution in [0.5, 0.6) is 0 Å². The molecule has 0 radical (unpaired) electrons. The lowest BCUT2D eigenvalue weighted by atomic mass is 9.78. The van der Waals surface area contributed by atoms with Gasteiger partial charge in [0, 0.05) is 6.61 Å². The highest BCUT2D eigenvalue weighted by Crippen LogP contribution is 2.33. The van der Waals surface area contributed by atoms with Crippen LogP contribution in [0.15, 0.2) is 24.3 Å². The monoisotopic (exact) mass is 261 g/mol. The van der Waals surface area contributed by atoms with Gasteiger partial charge in [-0.15, -0.1) is 0 Å². The smallest absolute Gasteiger partial charge is 0.0436 e. The summed E-state index contributed by atoms with van der Waals surface area (Å²) in [6, 6.07) is 9.11. The van der Waals surface area contributed by atoms with Gasteiger partial charge in [-0.25, -0.2) is 0 Å². The van der Waals surface area contributed by atoms with Gasteiger partial charge in [0.05, 0.1) is 0 Å². The maximum absolute atomic E-state index is 9.35. The first-order valence-corrected chi connectivity index (χ1v) is 7.75. The molecule has 1 unspecified atom stereocenters. The molecule has 0 aromatic heterocycles. The van der Waals surface area contributed by atoms with Crippen molar-refractivity contribution in [2.45, 2.75) is 44.9 Å². The van der Waals surface area contributed by atoms with Crippen LogP contribution in [0.25, 0.3) is 0 Å². The second-order valence-corrected chi connectivity index (χ2v) is 5.70. The summed E-state index contributed by atoms with van der Waals surface area (Å²) in [4.78, 5) is 0. The highest BCUT2D eigenvalue weighted by Gasteiger charge is 2.24. The third-order valence-corrected chi connectivity index (χ3v) is 4.34. The predicted molar refractivity (Wildman–Crippen MR) is 80.5 cm³/mol. The minimum absolute atomic E-state index is 0.297. The first-order chi connectivity index (χ1) is 9.35. The summed E-state index contributed by atoms with van der Waals surface area (Å²) in [5, 5.41) is 12.8. The minimum atomic E-state index is 0.297. The van der Waals surface area contributed by atoms with Crippen LogP contribution in [0.3, 0.4) is 0 Å². The molecule has 2 rings (SSSR count). The fourth-order valence-corrected chi connectivity index (χ4v) is 3.28. The minimum Gasteiger partial charge on any atom is -0.396 e. The molecule has 1 aliphatic rings. The molecule has 0 spiro atoms. The van der Waals surface area contributed by atoms with Crippen molar-refractivity contribution in [3.63, 3.8) is 0 Å². The molecule has 0 bridgehead atoms. The standard InChI is InChI=1S/C17H27NO/c1-2-3-14-4-6-15(7-5-14)17(10-13-19)16-8-11-18-12-9-16/h4-7,16-19H,2-3,8-13H2,1H3. The van der Waals surface area contributed by atoms with Crippen molar-refractivity contribution in [2.75, 3.05) is 19.7 Å². The summed E-state index contributed by atoms with van der Waals surface area (Å²) in [5.41, 5.74) is 2.85. The molecule has 0 amide bonds. The van der Waals surface area contributed by atoms with Crippen molar-refractivity contribution < 1.29 is 5.11 Å². The van der Waals surface area contributed by atoms with Crippen LogP contribution >= 0.6 is 0 Å². The molecule has 1 atom stereocenters. The number of aryl methyl sites for hydroxylation is 1. The van der Waals surface area contributed by atoms with Gasteiger partial charge in [-0.1, -0.05) is 37.6 Å². The zero-order valence-corrected chi connectivity index (χ0v) is 12.1. The van der Waals surface area contributed by atoms with Gasteiger partial charge >= 0.3 is 0 Å². The Morgan fingerprint density at radius 1 is 1.21 bits per heavy atom. The Hall–Kier alpha value is -0.860. The second kappa shape index (κ2) is 7.66. The van der Waals surface area contributed by atoms with Crippen molar-refractivity contribution in [2.24, 2.45) is 5.92 Å². The number of rotatable bonds is 6. The summed E-state index contributed by atoms with van der Waals surface area (Å²) < 4.78 is 0. The van der Waals surface area contributed by atoms with E-state index in [0.717, 1.165) is 31.8 Å². The molecular formula is C17H27NO. The van der Waals surface area contributed by atoms with E-state index in [0.29, 0.717) is 12.5 Å². The lowest BCUT2D eigenvalue weighted by molar-refractivity contribution is 0.233. The maximum Gasteiger partial charge on any atom is 0.0436 e. The summed E-state index contributed by atoms with van der Waals surface area (Å²) in [7, 11) is 0. The SMILES string of the molecule is CCCc1ccc(C(CCO)C2CCNCC2)cc1. The van der Waals surface area contributed by atoms with E-state index in [2.05, 4.69) is 36.5 Å². The van der Waals surface area contributed by atoms with Gasteiger partial charge in [-0.3, -0.25) is 0 Å². The van der Waals surface area contributed by atoms with Crippen molar-refractivity contribution in [1.29, 1.82) is 0 Å². The summed E-state index contributed by atoms with van der Waals surface area (Å²) >= 11 is 0. The highest BCUT2D eigenvalue weighted by molar-refractivity contribution is 5.26. The molecule has 1 saturated heterocycles. The van der Waals surface area contributed by atoms with Crippen molar-refractivity contribution in [1.82, 2.24) is 5.32 Å². The zero-order valence-electron chi connectivity index (χ0n) is 12.1. The van der Waals surface area contributed by atoms with Gasteiger partial charge in [0.1, 0.15) is 0 Å². The number of aliphatic hydroxyl groups is 1. The van der Waals surface area contributed by atoms with Crippen molar-refractivity contribution in [3.8, 4) is 0 Å². The van der Waals surface area contributed by atoms with Crippen molar-refractivity contribution >= 4 is 0 Å². The van der Waals surface area contributed by atoms with Crippen LogP contribution in [0.2, 0.25) is 0 Å². The number of hydrogen-bond donors (Lipinski definition) is 2. The number of nitrogens with one attached hydrogen (secondary N) is 1. The average Bonchev–Trinajstić information content (AvgIpc) is 2.47. The molecule has 19 heavy (non-hydrogen) atoms. The summed E-state index contributed by atoms with van der Waals surface area (Å²) in [6.07, 6.45) is 5.74. The van der Waals surface area contributed by atoms with E-state index in [1.807, 2.05) is 0 Å². The molecule has 1 fully saturated rings. The van der Waals surface area contributed by atoms with E-state index < -0.39 is 0 Å². The molecule has 1 aromatic rings. The average molecular weight is 261 g/mol. The van der Waals surface area contributed by atoms with E-state index in [1.54, 1.807) is 0 Å². The number of piperidine rings is 1. The van der Waals surface area contributed by atoms with E-state index >= 15 is 0 Å². The van der Waals surface area contributed by atoms with E-state index in [1.165, 1.54) is 30.4 Å². The quantitative estimate of drug-likeness (QED) is 0.824. The first-order valence-electron chi connectivity index (χ1n) is 7.75. The summed E-state index contributed by atoms with van der Waals surface area (Å²) in [6.45, 7) is 4.77. The lowest BCUT2D eigenvalue weighted by Crippen LogP contribution is -2.31. The van der Waals surface area contributed by atoms with E-state index in [9.17, 15) is 5.11 Å². The number of aliphatic hydroxyl groups excluding tert-OH is 1. The number of benzene rings is 1. The predicted octanol–water partition coefficient (Wildman–Crippen LogP) is 3.10. The third-order valence-electron chi connectivity index (χ3n) is 4.34. The van der Waals surface area contributed by atoms with Crippen LogP contribution in [-0.4, -0.2) is 24.8 Å². The fourth-order valence-electron chi connectivity index (χ4n) is 3.28. The Bertz CT molecular complexity index is 354. The van der Waals surface area contributed by atoms with Crippen LogP contribution in [-0.2, 0) is 6.42 Å². The maximum atomic E-state index is 9.35. The van der Waals surface area contributed by atoms with Gasteiger partial charge in [0.2, 0.25) is 0 Å².